The fourth-order valence-electron chi connectivity index (χ4n) is 4.20. The zero-order valence-corrected chi connectivity index (χ0v) is 18.7. The minimum atomic E-state index is -4.52. The third kappa shape index (κ3) is 5.41. The zero-order valence-electron chi connectivity index (χ0n) is 18.7. The topological polar surface area (TPSA) is 82.6 Å². The number of morpholine rings is 1. The number of ether oxygens (including phenoxy) is 1. The number of hydrogen-bond donors (Lipinski definition) is 2. The second-order valence-electron chi connectivity index (χ2n) is 8.93. The molecule has 1 aliphatic carbocycles. The highest BCUT2D eigenvalue weighted by molar-refractivity contribution is 5.78. The van der Waals surface area contributed by atoms with Crippen LogP contribution in [0.1, 0.15) is 29.5 Å². The van der Waals surface area contributed by atoms with Crippen molar-refractivity contribution in [2.75, 3.05) is 50.0 Å². The Morgan fingerprint density at radius 2 is 1.94 bits per heavy atom. The normalized spacial score (nSPS) is 19.0. The average molecular weight is 477 g/mol. The molecule has 1 aromatic heterocycles. The molecule has 3 heterocycles. The number of nitrogens with one attached hydrogen (secondary N) is 2. The molecule has 2 N–H and O–H groups in total. The highest BCUT2D eigenvalue weighted by Crippen LogP contribution is 2.36. The number of hydrogen-bond acceptors (Lipinski definition) is 7. The van der Waals surface area contributed by atoms with E-state index in [2.05, 4.69) is 25.5 Å². The van der Waals surface area contributed by atoms with Crippen LogP contribution in [0.3, 0.4) is 0 Å². The predicted octanol–water partition coefficient (Wildman–Crippen LogP) is 3.03. The molecule has 5 rings (SSSR count). The minimum Gasteiger partial charge on any atom is -0.379 e. The largest absolute Gasteiger partial charge is 0.421 e. The third-order valence-electron chi connectivity index (χ3n) is 6.30. The van der Waals surface area contributed by atoms with Crippen molar-refractivity contribution in [1.29, 1.82) is 0 Å². The molecule has 182 valence electrons. The number of amides is 1. The fraction of sp³-hybridized carbons (Fsp3) is 0.522. The number of benzene rings is 1. The lowest BCUT2D eigenvalue weighted by Gasteiger charge is -2.32. The van der Waals surface area contributed by atoms with Gasteiger partial charge in [-0.2, -0.15) is 18.2 Å². The average Bonchev–Trinajstić information content (AvgIpc) is 3.63. The van der Waals surface area contributed by atoms with Crippen molar-refractivity contribution >= 4 is 23.4 Å². The van der Waals surface area contributed by atoms with E-state index < -0.39 is 11.7 Å². The quantitative estimate of drug-likeness (QED) is 0.663. The predicted molar refractivity (Wildman–Crippen MR) is 120 cm³/mol. The van der Waals surface area contributed by atoms with Crippen LogP contribution in [-0.2, 0) is 28.7 Å². The smallest absolute Gasteiger partial charge is 0.379 e. The molecule has 0 unspecified atom stereocenters. The number of fused-ring (bicyclic) bond motifs is 1. The van der Waals surface area contributed by atoms with Crippen molar-refractivity contribution in [2.24, 2.45) is 0 Å². The Hall–Kier alpha value is -2.92. The molecule has 0 radical (unpaired) electrons. The molecule has 11 heteroatoms. The van der Waals surface area contributed by atoms with Gasteiger partial charge in [0.1, 0.15) is 11.4 Å². The minimum absolute atomic E-state index is 0.0292. The van der Waals surface area contributed by atoms with E-state index in [1.54, 1.807) is 0 Å². The number of anilines is 3. The van der Waals surface area contributed by atoms with Gasteiger partial charge in [0.05, 0.1) is 19.8 Å². The summed E-state index contributed by atoms with van der Waals surface area (Å²) >= 11 is 0. The van der Waals surface area contributed by atoms with Crippen LogP contribution in [0.5, 0.6) is 0 Å². The number of aromatic nitrogens is 2. The van der Waals surface area contributed by atoms with Crippen molar-refractivity contribution < 1.29 is 22.7 Å². The van der Waals surface area contributed by atoms with Gasteiger partial charge in [0.25, 0.3) is 0 Å². The lowest BCUT2D eigenvalue weighted by Crippen LogP contribution is -2.46. The molecule has 0 bridgehead atoms. The van der Waals surface area contributed by atoms with Gasteiger partial charge in [0, 0.05) is 44.1 Å². The van der Waals surface area contributed by atoms with E-state index >= 15 is 0 Å². The standard InChI is InChI=1S/C23H27F3N6O2/c24-23(25,26)19-12-27-22(30-21(19)28-17-3-4-17)29-18-2-1-16-13-32(6-5-15(16)11-18)20(33)14-31-7-9-34-10-8-31/h1-2,11-12,17H,3-10,13-14H2,(H2,27,28,29,30). The molecular weight excluding hydrogens is 449 g/mol. The van der Waals surface area contributed by atoms with Crippen molar-refractivity contribution in [3.8, 4) is 0 Å². The van der Waals surface area contributed by atoms with Gasteiger partial charge in [0.2, 0.25) is 11.9 Å². The maximum absolute atomic E-state index is 13.3. The first-order valence-electron chi connectivity index (χ1n) is 11.5. The second-order valence-corrected chi connectivity index (χ2v) is 8.93. The first kappa shape index (κ1) is 22.9. The lowest BCUT2D eigenvalue weighted by atomic mass is 9.99. The molecule has 8 nitrogen and oxygen atoms in total. The van der Waals surface area contributed by atoms with Crippen LogP contribution >= 0.6 is 0 Å². The van der Waals surface area contributed by atoms with E-state index in [1.165, 1.54) is 0 Å². The monoisotopic (exact) mass is 476 g/mol. The first-order valence-corrected chi connectivity index (χ1v) is 11.5. The molecule has 1 amide bonds. The molecule has 2 aromatic rings. The third-order valence-corrected chi connectivity index (χ3v) is 6.30. The molecule has 1 saturated heterocycles. The molecule has 3 aliphatic rings. The van der Waals surface area contributed by atoms with Gasteiger partial charge in [-0.1, -0.05) is 6.07 Å². The van der Waals surface area contributed by atoms with Crippen LogP contribution in [-0.4, -0.2) is 71.1 Å². The Balaban J connectivity index is 1.25. The summed E-state index contributed by atoms with van der Waals surface area (Å²) in [6.45, 7) is 4.45. The van der Waals surface area contributed by atoms with Gasteiger partial charge >= 0.3 is 6.18 Å². The maximum atomic E-state index is 13.3. The molecule has 2 fully saturated rings. The summed E-state index contributed by atoms with van der Waals surface area (Å²) in [5.41, 5.74) is 2.00. The van der Waals surface area contributed by atoms with Crippen molar-refractivity contribution in [2.45, 2.75) is 38.0 Å². The molecule has 0 spiro atoms. The van der Waals surface area contributed by atoms with E-state index in [1.807, 2.05) is 23.1 Å². The number of rotatable bonds is 6. The number of carbonyl (C=O) groups excluding carboxylic acids is 1. The summed E-state index contributed by atoms with van der Waals surface area (Å²) in [6.07, 6.45) is -1.33. The Morgan fingerprint density at radius 1 is 1.15 bits per heavy atom. The van der Waals surface area contributed by atoms with Crippen LogP contribution in [0.25, 0.3) is 0 Å². The maximum Gasteiger partial charge on any atom is 0.421 e. The molecule has 1 aromatic carbocycles. The van der Waals surface area contributed by atoms with Crippen molar-refractivity contribution in [3.05, 3.63) is 41.1 Å². The summed E-state index contributed by atoms with van der Waals surface area (Å²) < 4.78 is 45.3. The molecule has 2 aliphatic heterocycles. The van der Waals surface area contributed by atoms with E-state index in [0.717, 1.165) is 43.3 Å². The van der Waals surface area contributed by atoms with Gasteiger partial charge < -0.3 is 20.3 Å². The second kappa shape index (κ2) is 9.38. The lowest BCUT2D eigenvalue weighted by molar-refractivity contribution is -0.137. The summed E-state index contributed by atoms with van der Waals surface area (Å²) in [6, 6.07) is 5.76. The van der Waals surface area contributed by atoms with Gasteiger partial charge in [0.15, 0.2) is 0 Å². The van der Waals surface area contributed by atoms with Crippen LogP contribution in [0.2, 0.25) is 0 Å². The number of alkyl halides is 3. The Kier molecular flexibility index (Phi) is 6.30. The SMILES string of the molecule is O=C(CN1CCOCC1)N1CCc2cc(Nc3ncc(C(F)(F)F)c(NC4CC4)n3)ccc2C1. The van der Waals surface area contributed by atoms with E-state index in [0.29, 0.717) is 45.0 Å². The number of halogens is 3. The van der Waals surface area contributed by atoms with Crippen LogP contribution in [0.15, 0.2) is 24.4 Å². The molecule has 1 saturated carbocycles. The van der Waals surface area contributed by atoms with Crippen molar-refractivity contribution in [1.82, 2.24) is 19.8 Å². The van der Waals surface area contributed by atoms with Gasteiger partial charge in [-0.25, -0.2) is 4.98 Å². The molecule has 34 heavy (non-hydrogen) atoms. The van der Waals surface area contributed by atoms with Crippen LogP contribution in [0.4, 0.5) is 30.6 Å². The van der Waals surface area contributed by atoms with Crippen molar-refractivity contribution in [3.63, 3.8) is 0 Å². The Labute approximate surface area is 195 Å². The highest BCUT2D eigenvalue weighted by atomic mass is 19.4. The number of carbonyl (C=O) groups is 1. The summed E-state index contributed by atoms with van der Waals surface area (Å²) in [5, 5.41) is 5.88. The zero-order chi connectivity index (χ0) is 23.7. The van der Waals surface area contributed by atoms with E-state index in [9.17, 15) is 18.0 Å². The summed E-state index contributed by atoms with van der Waals surface area (Å²) in [7, 11) is 0. The highest BCUT2D eigenvalue weighted by Gasteiger charge is 2.37. The van der Waals surface area contributed by atoms with E-state index in [-0.39, 0.29) is 23.7 Å². The summed E-state index contributed by atoms with van der Waals surface area (Å²) in [5.74, 6) is 0.0257. The fourth-order valence-corrected chi connectivity index (χ4v) is 4.20. The molecule has 0 atom stereocenters. The van der Waals surface area contributed by atoms with Gasteiger partial charge in [-0.15, -0.1) is 0 Å². The number of nitrogens with zero attached hydrogens (tertiary/aromatic N) is 4. The summed E-state index contributed by atoms with van der Waals surface area (Å²) in [4.78, 5) is 24.7. The first-order chi connectivity index (χ1) is 16.3. The molecular formula is C23H27F3N6O2. The van der Waals surface area contributed by atoms with Crippen LogP contribution < -0.4 is 10.6 Å². The Bertz CT molecular complexity index is 1050. The van der Waals surface area contributed by atoms with E-state index in [4.69, 9.17) is 4.74 Å². The van der Waals surface area contributed by atoms with Gasteiger partial charge in [-0.3, -0.25) is 9.69 Å². The van der Waals surface area contributed by atoms with Crippen LogP contribution in [0, 0.1) is 0 Å². The Morgan fingerprint density at radius 3 is 2.68 bits per heavy atom. The van der Waals surface area contributed by atoms with Gasteiger partial charge in [-0.05, 0) is 42.5 Å².